The first-order valence-corrected chi connectivity index (χ1v) is 7.88. The van der Waals surface area contributed by atoms with Crippen molar-refractivity contribution >= 4 is 40.5 Å². The quantitative estimate of drug-likeness (QED) is 0.544. The van der Waals surface area contributed by atoms with Gasteiger partial charge in [-0.25, -0.2) is 5.43 Å². The number of nitrogens with zero attached hydrogens (tertiary/aromatic N) is 2. The number of carbonyl (C=O) groups is 2. The van der Waals surface area contributed by atoms with Gasteiger partial charge < -0.3 is 10.3 Å². The van der Waals surface area contributed by atoms with Crippen LogP contribution >= 0.6 is 11.6 Å². The molecule has 0 aliphatic rings. The van der Waals surface area contributed by atoms with Crippen molar-refractivity contribution in [1.29, 1.82) is 0 Å². The van der Waals surface area contributed by atoms with Gasteiger partial charge in [-0.3, -0.25) is 9.59 Å². The highest BCUT2D eigenvalue weighted by atomic mass is 35.5. The maximum atomic E-state index is 12.1. The maximum Gasteiger partial charge on any atom is 0.272 e. The van der Waals surface area contributed by atoms with Crippen LogP contribution in [0.2, 0.25) is 5.02 Å². The average Bonchev–Trinajstić information content (AvgIpc) is 2.93. The standard InChI is InChI=1S/C18H15ClN4O2/c19-15-7-3-1-6-14(15)18(25)22-21-9-12-10-23(11-17(20)24)16-8-4-2-5-13(12)16/h1-10H,11H2,(H2,20,24)(H,22,25)/b21-9+. The van der Waals surface area contributed by atoms with Crippen molar-refractivity contribution in [2.45, 2.75) is 6.54 Å². The normalized spacial score (nSPS) is 11.1. The van der Waals surface area contributed by atoms with Crippen LogP contribution in [-0.2, 0) is 11.3 Å². The Hall–Kier alpha value is -3.12. The van der Waals surface area contributed by atoms with Crippen LogP contribution in [0.15, 0.2) is 59.8 Å². The molecule has 7 heteroatoms. The topological polar surface area (TPSA) is 89.5 Å². The molecule has 0 bridgehead atoms. The van der Waals surface area contributed by atoms with E-state index in [-0.39, 0.29) is 6.54 Å². The van der Waals surface area contributed by atoms with Crippen LogP contribution in [0.25, 0.3) is 10.9 Å². The zero-order valence-corrected chi connectivity index (χ0v) is 13.9. The van der Waals surface area contributed by atoms with Gasteiger partial charge in [0.1, 0.15) is 6.54 Å². The number of nitrogens with one attached hydrogen (secondary N) is 1. The molecule has 3 N–H and O–H groups in total. The molecule has 0 unspecified atom stereocenters. The number of hydrogen-bond acceptors (Lipinski definition) is 3. The Morgan fingerprint density at radius 1 is 1.16 bits per heavy atom. The number of para-hydroxylation sites is 1. The molecule has 6 nitrogen and oxygen atoms in total. The number of hydrazone groups is 1. The summed E-state index contributed by atoms with van der Waals surface area (Å²) in [5.74, 6) is -0.834. The van der Waals surface area contributed by atoms with Gasteiger partial charge in [0.15, 0.2) is 0 Å². The van der Waals surface area contributed by atoms with E-state index in [4.69, 9.17) is 17.3 Å². The Bertz CT molecular complexity index is 978. The van der Waals surface area contributed by atoms with E-state index >= 15 is 0 Å². The first-order valence-electron chi connectivity index (χ1n) is 7.50. The minimum absolute atomic E-state index is 0.0698. The second-order valence-corrected chi connectivity index (χ2v) is 5.78. The van der Waals surface area contributed by atoms with Gasteiger partial charge in [0.2, 0.25) is 5.91 Å². The number of primary amides is 1. The molecule has 126 valence electrons. The zero-order chi connectivity index (χ0) is 17.8. The van der Waals surface area contributed by atoms with Gasteiger partial charge in [0.25, 0.3) is 5.91 Å². The van der Waals surface area contributed by atoms with Crippen LogP contribution in [0.5, 0.6) is 0 Å². The first-order chi connectivity index (χ1) is 12.1. The molecule has 0 fully saturated rings. The minimum Gasteiger partial charge on any atom is -0.368 e. The number of nitrogens with two attached hydrogens (primary N) is 1. The maximum absolute atomic E-state index is 12.1. The van der Waals surface area contributed by atoms with Crippen molar-refractivity contribution in [2.75, 3.05) is 0 Å². The fourth-order valence-corrected chi connectivity index (χ4v) is 2.76. The molecule has 1 aromatic heterocycles. The van der Waals surface area contributed by atoms with Crippen molar-refractivity contribution in [1.82, 2.24) is 9.99 Å². The van der Waals surface area contributed by atoms with E-state index in [1.165, 1.54) is 6.21 Å². The summed E-state index contributed by atoms with van der Waals surface area (Å²) in [6.07, 6.45) is 3.29. The van der Waals surface area contributed by atoms with E-state index in [1.807, 2.05) is 24.3 Å². The number of halogens is 1. The summed E-state index contributed by atoms with van der Waals surface area (Å²) in [6.45, 7) is 0.0698. The van der Waals surface area contributed by atoms with E-state index < -0.39 is 11.8 Å². The van der Waals surface area contributed by atoms with Crippen LogP contribution in [0.4, 0.5) is 0 Å². The van der Waals surface area contributed by atoms with Crippen LogP contribution in [0.1, 0.15) is 15.9 Å². The lowest BCUT2D eigenvalue weighted by Gasteiger charge is -2.01. The third-order valence-corrected chi connectivity index (χ3v) is 3.96. The molecule has 2 aromatic carbocycles. The van der Waals surface area contributed by atoms with E-state index in [2.05, 4.69) is 10.5 Å². The first kappa shape index (κ1) is 16.7. The van der Waals surface area contributed by atoms with Gasteiger partial charge in [0.05, 0.1) is 16.8 Å². The lowest BCUT2D eigenvalue weighted by Crippen LogP contribution is -2.18. The van der Waals surface area contributed by atoms with E-state index in [1.54, 1.807) is 35.0 Å². The lowest BCUT2D eigenvalue weighted by molar-refractivity contribution is -0.118. The Labute approximate surface area is 148 Å². The van der Waals surface area contributed by atoms with Gasteiger partial charge in [-0.2, -0.15) is 5.10 Å². The van der Waals surface area contributed by atoms with E-state index in [0.29, 0.717) is 10.6 Å². The molecule has 0 atom stereocenters. The highest BCUT2D eigenvalue weighted by Crippen LogP contribution is 2.20. The summed E-state index contributed by atoms with van der Waals surface area (Å²) in [4.78, 5) is 23.3. The average molecular weight is 355 g/mol. The fourth-order valence-electron chi connectivity index (χ4n) is 2.54. The molecule has 25 heavy (non-hydrogen) atoms. The van der Waals surface area contributed by atoms with Gasteiger partial charge in [-0.1, -0.05) is 41.9 Å². The van der Waals surface area contributed by atoms with E-state index in [0.717, 1.165) is 16.5 Å². The van der Waals surface area contributed by atoms with Gasteiger partial charge in [0, 0.05) is 22.7 Å². The zero-order valence-electron chi connectivity index (χ0n) is 13.1. The summed E-state index contributed by atoms with van der Waals surface area (Å²) in [5, 5.41) is 5.25. The number of aromatic nitrogens is 1. The predicted octanol–water partition coefficient (Wildman–Crippen LogP) is 2.54. The van der Waals surface area contributed by atoms with Crippen LogP contribution in [0, 0.1) is 0 Å². The predicted molar refractivity (Wildman–Crippen MR) is 97.6 cm³/mol. The molecule has 0 aliphatic carbocycles. The Balaban J connectivity index is 1.83. The molecule has 0 radical (unpaired) electrons. The van der Waals surface area contributed by atoms with Crippen molar-refractivity contribution in [3.63, 3.8) is 0 Å². The highest BCUT2D eigenvalue weighted by Gasteiger charge is 2.10. The molecule has 3 aromatic rings. The molecular formula is C18H15ClN4O2. The third-order valence-electron chi connectivity index (χ3n) is 3.63. The monoisotopic (exact) mass is 354 g/mol. The van der Waals surface area contributed by atoms with Crippen molar-refractivity contribution in [3.05, 3.63) is 70.9 Å². The molecule has 2 amide bonds. The summed E-state index contributed by atoms with van der Waals surface area (Å²) < 4.78 is 1.74. The second kappa shape index (κ2) is 7.19. The number of amides is 2. The molecule has 0 spiro atoms. The summed E-state index contributed by atoms with van der Waals surface area (Å²) in [5.41, 5.74) is 9.70. The Kier molecular flexibility index (Phi) is 4.81. The smallest absolute Gasteiger partial charge is 0.272 e. The summed E-state index contributed by atoms with van der Waals surface area (Å²) in [6, 6.07) is 14.3. The number of rotatable bonds is 5. The number of fused-ring (bicyclic) bond motifs is 1. The number of carbonyl (C=O) groups excluding carboxylic acids is 2. The fraction of sp³-hybridized carbons (Fsp3) is 0.0556. The molecule has 1 heterocycles. The molecule has 0 saturated heterocycles. The summed E-state index contributed by atoms with van der Waals surface area (Å²) >= 11 is 5.99. The SMILES string of the molecule is NC(=O)Cn1cc(/C=N/NC(=O)c2ccccc2Cl)c2ccccc21. The highest BCUT2D eigenvalue weighted by molar-refractivity contribution is 6.33. The van der Waals surface area contributed by atoms with Crippen LogP contribution < -0.4 is 11.2 Å². The second-order valence-electron chi connectivity index (χ2n) is 5.37. The largest absolute Gasteiger partial charge is 0.368 e. The van der Waals surface area contributed by atoms with Crippen LogP contribution in [-0.4, -0.2) is 22.6 Å². The minimum atomic E-state index is -0.434. The Morgan fingerprint density at radius 3 is 2.64 bits per heavy atom. The van der Waals surface area contributed by atoms with Gasteiger partial charge >= 0.3 is 0 Å². The van der Waals surface area contributed by atoms with Crippen molar-refractivity contribution in [3.8, 4) is 0 Å². The van der Waals surface area contributed by atoms with Crippen molar-refractivity contribution < 1.29 is 9.59 Å². The molecular weight excluding hydrogens is 340 g/mol. The number of hydrogen-bond donors (Lipinski definition) is 2. The summed E-state index contributed by atoms with van der Waals surface area (Å²) in [7, 11) is 0. The third kappa shape index (κ3) is 3.70. The van der Waals surface area contributed by atoms with Gasteiger partial charge in [-0.05, 0) is 18.2 Å². The van der Waals surface area contributed by atoms with E-state index in [9.17, 15) is 9.59 Å². The van der Waals surface area contributed by atoms with Gasteiger partial charge in [-0.15, -0.1) is 0 Å². The Morgan fingerprint density at radius 2 is 1.88 bits per heavy atom. The number of benzene rings is 2. The lowest BCUT2D eigenvalue weighted by atomic mass is 10.2. The van der Waals surface area contributed by atoms with Crippen molar-refractivity contribution in [2.24, 2.45) is 10.8 Å². The molecule has 0 aliphatic heterocycles. The molecule has 0 saturated carbocycles. The van der Waals surface area contributed by atoms with Crippen LogP contribution in [0.3, 0.4) is 0 Å². The molecule has 3 rings (SSSR count).